The predicted molar refractivity (Wildman–Crippen MR) is 65.0 cm³/mol. The molecule has 1 aromatic carbocycles. The third kappa shape index (κ3) is 11.5. The Morgan fingerprint density at radius 2 is 1.53 bits per heavy atom. The monoisotopic (exact) mass is 228 g/mol. The summed E-state index contributed by atoms with van der Waals surface area (Å²) in [5, 5.41) is 22.8. The zero-order valence-corrected chi connectivity index (χ0v) is 10.3. The average molecular weight is 228 g/mol. The summed E-state index contributed by atoms with van der Waals surface area (Å²) in [5.74, 6) is 0. The van der Waals surface area contributed by atoms with Crippen LogP contribution in [0.15, 0.2) is 30.3 Å². The van der Waals surface area contributed by atoms with Crippen LogP contribution in [-0.2, 0) is 6.16 Å². The Morgan fingerprint density at radius 1 is 1.13 bits per heavy atom. The summed E-state index contributed by atoms with van der Waals surface area (Å²) >= 11 is 0. The van der Waals surface area contributed by atoms with Crippen LogP contribution in [0, 0.1) is 0 Å². The van der Waals surface area contributed by atoms with Gasteiger partial charge in [-0.3, -0.25) is 0 Å². The first kappa shape index (κ1) is 14.6. The predicted octanol–water partition coefficient (Wildman–Crippen LogP) is 0.410. The van der Waals surface area contributed by atoms with E-state index in [1.807, 2.05) is 0 Å². The van der Waals surface area contributed by atoms with Crippen molar-refractivity contribution in [2.24, 2.45) is 0 Å². The lowest BCUT2D eigenvalue weighted by Gasteiger charge is -2.10. The summed E-state index contributed by atoms with van der Waals surface area (Å²) in [6, 6.07) is 10.7. The molecule has 0 aliphatic heterocycles. The van der Waals surface area contributed by atoms with Crippen molar-refractivity contribution in [2.45, 2.75) is 6.16 Å². The minimum absolute atomic E-state index is 0.638. The third-order valence-corrected chi connectivity index (χ3v) is 2.81. The van der Waals surface area contributed by atoms with Crippen molar-refractivity contribution >= 4 is 14.6 Å². The fourth-order valence-corrected chi connectivity index (χ4v) is 2.44. The fourth-order valence-electron chi connectivity index (χ4n) is 1.13. The molecule has 0 atom stereocenters. The van der Waals surface area contributed by atoms with Gasteiger partial charge >= 0.3 is 7.32 Å². The largest absolute Gasteiger partial charge is 0.832 e. The van der Waals surface area contributed by atoms with E-state index in [0.717, 1.165) is 0 Å². The Labute approximate surface area is 92.3 Å². The minimum atomic E-state index is -2.42. The minimum Gasteiger partial charge on any atom is -0.832 e. The van der Waals surface area contributed by atoms with Crippen LogP contribution >= 0.6 is 7.26 Å². The molecular weight excluding hydrogens is 210 g/mol. The molecule has 0 aromatic heterocycles. The molecule has 0 fully saturated rings. The van der Waals surface area contributed by atoms with Crippen molar-refractivity contribution in [1.29, 1.82) is 0 Å². The second-order valence-corrected chi connectivity index (χ2v) is 9.16. The highest BCUT2D eigenvalue weighted by atomic mass is 31.2. The van der Waals surface area contributed by atoms with Crippen LogP contribution in [0.1, 0.15) is 5.56 Å². The molecule has 0 radical (unpaired) electrons. The van der Waals surface area contributed by atoms with Gasteiger partial charge in [0.05, 0.1) is 6.16 Å². The van der Waals surface area contributed by atoms with Crippen molar-refractivity contribution in [3.05, 3.63) is 35.9 Å². The summed E-state index contributed by atoms with van der Waals surface area (Å²) in [5.41, 5.74) is 1.48. The van der Waals surface area contributed by atoms with E-state index in [-0.39, 0.29) is 0 Å². The first-order chi connectivity index (χ1) is 6.81. The standard InChI is InChI=1S/C10H16P.BH2O3/c1-11(2,3)9-10-7-5-4-6-8-10;2-1(3)4/h4-8H,9H2,1-3H3;2-3H/q+1;-1. The van der Waals surface area contributed by atoms with E-state index < -0.39 is 14.6 Å². The molecule has 0 aliphatic carbocycles. The highest BCUT2D eigenvalue weighted by Gasteiger charge is 2.16. The molecular formula is C10H18BO3P. The molecule has 0 aliphatic rings. The van der Waals surface area contributed by atoms with Crippen LogP contribution in [0.5, 0.6) is 0 Å². The highest BCUT2D eigenvalue weighted by Crippen LogP contribution is 2.49. The van der Waals surface area contributed by atoms with Gasteiger partial charge in [0.15, 0.2) is 0 Å². The van der Waals surface area contributed by atoms with Gasteiger partial charge in [0.2, 0.25) is 0 Å². The van der Waals surface area contributed by atoms with Crippen molar-refractivity contribution in [3.63, 3.8) is 0 Å². The maximum Gasteiger partial charge on any atom is 0.339 e. The zero-order chi connectivity index (χ0) is 11.9. The second kappa shape index (κ2) is 6.97. The van der Waals surface area contributed by atoms with E-state index in [1.54, 1.807) is 0 Å². The summed E-state index contributed by atoms with van der Waals surface area (Å²) in [4.78, 5) is 0. The summed E-state index contributed by atoms with van der Waals surface area (Å²) in [6.07, 6.45) is 1.27. The Morgan fingerprint density at radius 3 is 1.87 bits per heavy atom. The van der Waals surface area contributed by atoms with Gasteiger partial charge in [-0.1, -0.05) is 30.3 Å². The zero-order valence-electron chi connectivity index (χ0n) is 9.42. The number of hydrogen-bond acceptors (Lipinski definition) is 3. The normalized spacial score (nSPS) is 10.3. The van der Waals surface area contributed by atoms with Gasteiger partial charge in [-0.15, -0.1) is 0 Å². The van der Waals surface area contributed by atoms with Gasteiger partial charge in [0.1, 0.15) is 0 Å². The van der Waals surface area contributed by atoms with Crippen LogP contribution in [0.2, 0.25) is 0 Å². The van der Waals surface area contributed by atoms with E-state index in [2.05, 4.69) is 50.3 Å². The lowest BCUT2D eigenvalue weighted by molar-refractivity contribution is -0.242. The van der Waals surface area contributed by atoms with Crippen LogP contribution in [0.25, 0.3) is 0 Å². The molecule has 1 rings (SSSR count). The summed E-state index contributed by atoms with van der Waals surface area (Å²) < 4.78 is 0. The fraction of sp³-hybridized carbons (Fsp3) is 0.400. The second-order valence-electron chi connectivity index (χ2n) is 4.26. The van der Waals surface area contributed by atoms with Gasteiger partial charge in [-0.2, -0.15) is 0 Å². The lowest BCUT2D eigenvalue weighted by atomic mass is 10.2. The molecule has 5 heteroatoms. The number of benzene rings is 1. The van der Waals surface area contributed by atoms with E-state index in [4.69, 9.17) is 15.1 Å². The van der Waals surface area contributed by atoms with Crippen molar-refractivity contribution in [1.82, 2.24) is 0 Å². The SMILES string of the molecule is C[P+](C)(C)Cc1ccccc1.[O-]B(O)O. The summed E-state index contributed by atoms with van der Waals surface area (Å²) in [6.45, 7) is 7.12. The third-order valence-electron chi connectivity index (χ3n) is 1.50. The van der Waals surface area contributed by atoms with E-state index in [9.17, 15) is 0 Å². The van der Waals surface area contributed by atoms with Crippen LogP contribution in [0.4, 0.5) is 0 Å². The molecule has 0 spiro atoms. The molecule has 0 unspecified atom stereocenters. The first-order valence-corrected chi connectivity index (χ1v) is 7.99. The topological polar surface area (TPSA) is 63.5 Å². The Kier molecular flexibility index (Phi) is 6.78. The van der Waals surface area contributed by atoms with Gasteiger partial charge in [-0.05, 0) is 5.56 Å². The van der Waals surface area contributed by atoms with Crippen LogP contribution in [0.3, 0.4) is 0 Å². The maximum atomic E-state index is 8.64. The molecule has 15 heavy (non-hydrogen) atoms. The average Bonchev–Trinajstić information content (AvgIpc) is 2.01. The van der Waals surface area contributed by atoms with Crippen molar-refractivity contribution < 1.29 is 15.1 Å². The highest BCUT2D eigenvalue weighted by molar-refractivity contribution is 7.72. The first-order valence-electron chi connectivity index (χ1n) is 4.67. The molecule has 2 N–H and O–H groups in total. The molecule has 1 aromatic rings. The van der Waals surface area contributed by atoms with Crippen LogP contribution in [-0.4, -0.2) is 37.4 Å². The van der Waals surface area contributed by atoms with Gasteiger partial charge in [-0.25, -0.2) is 0 Å². The molecule has 0 amide bonds. The Bertz CT molecular complexity index is 256. The molecule has 0 heterocycles. The van der Waals surface area contributed by atoms with Crippen LogP contribution < -0.4 is 5.02 Å². The van der Waals surface area contributed by atoms with E-state index in [1.165, 1.54) is 11.7 Å². The van der Waals surface area contributed by atoms with Crippen molar-refractivity contribution in [2.75, 3.05) is 20.0 Å². The maximum absolute atomic E-state index is 8.64. The number of rotatable bonds is 2. The molecule has 0 saturated heterocycles. The van der Waals surface area contributed by atoms with Crippen molar-refractivity contribution in [3.8, 4) is 0 Å². The lowest BCUT2D eigenvalue weighted by Crippen LogP contribution is -2.29. The molecule has 0 bridgehead atoms. The summed E-state index contributed by atoms with van der Waals surface area (Å²) in [7, 11) is -3.05. The Balaban J connectivity index is 0.000000423. The van der Waals surface area contributed by atoms with E-state index >= 15 is 0 Å². The molecule has 84 valence electrons. The van der Waals surface area contributed by atoms with E-state index in [0.29, 0.717) is 0 Å². The van der Waals surface area contributed by atoms with Gasteiger partial charge < -0.3 is 15.1 Å². The molecule has 3 nitrogen and oxygen atoms in total. The van der Waals surface area contributed by atoms with Gasteiger partial charge in [0, 0.05) is 27.3 Å². The number of hydrogen-bond donors (Lipinski definition) is 2. The quantitative estimate of drug-likeness (QED) is 0.569. The smallest absolute Gasteiger partial charge is 0.339 e. The van der Waals surface area contributed by atoms with Gasteiger partial charge in [0.25, 0.3) is 0 Å². The Hall–Kier alpha value is -0.405. The molecule has 0 saturated carbocycles.